The molecule has 280 valence electrons. The van der Waals surface area contributed by atoms with Crippen molar-refractivity contribution in [2.45, 2.75) is 0 Å². The number of hydrogen-bond acceptors (Lipinski definition) is 2. The van der Waals surface area contributed by atoms with E-state index in [1.807, 2.05) is 6.07 Å². The number of rotatable bonds is 6. The second-order valence-corrected chi connectivity index (χ2v) is 15.5. The SMILES string of the molecule is c1ccc(-c2cc3c(cc2-c2ccco2)cc(-c2ccccc2)n2nc(-c4cc(-c5cccc6ccccc56)c5ccccc5c4)c(-c4ccc5ccccc5c4)c32)cc1. The molecule has 60 heavy (non-hydrogen) atoms. The molecule has 3 aromatic heterocycles. The van der Waals surface area contributed by atoms with Crippen LogP contribution in [0.2, 0.25) is 0 Å². The first-order valence-corrected chi connectivity index (χ1v) is 20.4. The fourth-order valence-electron chi connectivity index (χ4n) is 9.25. The van der Waals surface area contributed by atoms with Crippen molar-refractivity contribution in [3.63, 3.8) is 0 Å². The highest BCUT2D eigenvalue weighted by atomic mass is 16.3. The maximum atomic E-state index is 6.12. The van der Waals surface area contributed by atoms with E-state index in [4.69, 9.17) is 9.52 Å². The zero-order valence-corrected chi connectivity index (χ0v) is 32.6. The zero-order chi connectivity index (χ0) is 39.6. The molecular weight excluding hydrogens is 729 g/mol. The molecule has 0 spiro atoms. The van der Waals surface area contributed by atoms with Gasteiger partial charge in [-0.1, -0.05) is 164 Å². The molecule has 0 atom stereocenters. The molecule has 0 aliphatic heterocycles. The van der Waals surface area contributed by atoms with Crippen LogP contribution in [0.25, 0.3) is 116 Å². The summed E-state index contributed by atoms with van der Waals surface area (Å²) in [6.45, 7) is 0. The van der Waals surface area contributed by atoms with Gasteiger partial charge in [0.2, 0.25) is 0 Å². The lowest BCUT2D eigenvalue weighted by atomic mass is 9.89. The Morgan fingerprint density at radius 2 is 1.02 bits per heavy atom. The van der Waals surface area contributed by atoms with Crippen molar-refractivity contribution in [3.05, 3.63) is 219 Å². The fraction of sp³-hybridized carbons (Fsp3) is 0. The predicted molar refractivity (Wildman–Crippen MR) is 250 cm³/mol. The topological polar surface area (TPSA) is 30.4 Å². The van der Waals surface area contributed by atoms with Crippen molar-refractivity contribution < 1.29 is 4.42 Å². The van der Waals surface area contributed by atoms with E-state index in [1.165, 1.54) is 43.4 Å². The van der Waals surface area contributed by atoms with E-state index < -0.39 is 0 Å². The van der Waals surface area contributed by atoms with Crippen LogP contribution in [0, 0.1) is 0 Å². The minimum atomic E-state index is 0.831. The third kappa shape index (κ3) is 5.55. The molecule has 0 aliphatic carbocycles. The van der Waals surface area contributed by atoms with Gasteiger partial charge in [0, 0.05) is 27.6 Å². The summed E-state index contributed by atoms with van der Waals surface area (Å²) in [5.74, 6) is 0.831. The van der Waals surface area contributed by atoms with Crippen LogP contribution in [0.4, 0.5) is 0 Å². The van der Waals surface area contributed by atoms with Crippen molar-refractivity contribution in [3.8, 4) is 67.2 Å². The summed E-state index contributed by atoms with van der Waals surface area (Å²) in [6.07, 6.45) is 1.75. The lowest BCUT2D eigenvalue weighted by Gasteiger charge is -2.15. The molecule has 3 nitrogen and oxygen atoms in total. The molecule has 0 unspecified atom stereocenters. The van der Waals surface area contributed by atoms with Crippen LogP contribution in [0.3, 0.4) is 0 Å². The zero-order valence-electron chi connectivity index (χ0n) is 32.6. The summed E-state index contributed by atoms with van der Waals surface area (Å²) in [5, 5.41) is 15.2. The maximum absolute atomic E-state index is 6.12. The van der Waals surface area contributed by atoms with E-state index in [1.54, 1.807) is 6.26 Å². The second-order valence-electron chi connectivity index (χ2n) is 15.5. The van der Waals surface area contributed by atoms with Crippen LogP contribution in [0.15, 0.2) is 223 Å². The van der Waals surface area contributed by atoms with Crippen molar-refractivity contribution in [2.24, 2.45) is 0 Å². The van der Waals surface area contributed by atoms with Gasteiger partial charge in [0.1, 0.15) is 11.5 Å². The van der Waals surface area contributed by atoms with E-state index >= 15 is 0 Å². The first-order valence-electron chi connectivity index (χ1n) is 20.4. The van der Waals surface area contributed by atoms with Gasteiger partial charge < -0.3 is 4.42 Å². The number of aromatic nitrogens is 2. The van der Waals surface area contributed by atoms with Crippen molar-refractivity contribution in [2.75, 3.05) is 0 Å². The lowest BCUT2D eigenvalue weighted by molar-refractivity contribution is 0.582. The van der Waals surface area contributed by atoms with Crippen LogP contribution in [0.1, 0.15) is 0 Å². The molecule has 0 N–H and O–H groups in total. The summed E-state index contributed by atoms with van der Waals surface area (Å²) in [6, 6.07) is 76.4. The number of furan rings is 1. The maximum Gasteiger partial charge on any atom is 0.134 e. The standard InChI is InChI=1S/C57H36N2O/c1-3-16-39(17-4-1)49-36-50-44(33-52(49)54-27-14-30-60-54)35-53(40-19-5-2-6-20-40)59-57(50)55(43-29-28-37-15-7-8-21-41(37)31-43)56(58-59)45-32-42-22-10-12-25-47(42)51(34-45)48-26-13-23-38-18-9-11-24-46(38)48/h1-36H. The van der Waals surface area contributed by atoms with E-state index in [9.17, 15) is 0 Å². The Bertz CT molecular complexity index is 3580. The largest absolute Gasteiger partial charge is 0.464 e. The van der Waals surface area contributed by atoms with E-state index in [-0.39, 0.29) is 0 Å². The molecule has 0 amide bonds. The molecule has 0 saturated carbocycles. The number of hydrogen-bond donors (Lipinski definition) is 0. The van der Waals surface area contributed by atoms with Gasteiger partial charge in [0.25, 0.3) is 0 Å². The molecule has 3 heteroatoms. The summed E-state index contributed by atoms with van der Waals surface area (Å²) < 4.78 is 8.32. The van der Waals surface area contributed by atoms with Crippen molar-refractivity contribution >= 4 is 48.6 Å². The van der Waals surface area contributed by atoms with Crippen molar-refractivity contribution in [1.29, 1.82) is 0 Å². The summed E-state index contributed by atoms with van der Waals surface area (Å²) in [4.78, 5) is 0. The minimum Gasteiger partial charge on any atom is -0.464 e. The van der Waals surface area contributed by atoms with Crippen LogP contribution >= 0.6 is 0 Å². The first-order chi connectivity index (χ1) is 29.7. The summed E-state index contributed by atoms with van der Waals surface area (Å²) >= 11 is 0. The number of nitrogens with zero attached hydrogens (tertiary/aromatic N) is 2. The van der Waals surface area contributed by atoms with Gasteiger partial charge in [-0.2, -0.15) is 5.10 Å². The highest BCUT2D eigenvalue weighted by molar-refractivity contribution is 6.14. The Kier molecular flexibility index (Phi) is 7.85. The smallest absolute Gasteiger partial charge is 0.134 e. The van der Waals surface area contributed by atoms with Gasteiger partial charge in [-0.25, -0.2) is 4.52 Å². The summed E-state index contributed by atoms with van der Waals surface area (Å²) in [5.41, 5.74) is 13.0. The molecule has 9 aromatic carbocycles. The molecule has 0 saturated heterocycles. The molecule has 0 aliphatic rings. The average molecular weight is 765 g/mol. The Morgan fingerprint density at radius 3 is 1.80 bits per heavy atom. The molecule has 0 bridgehead atoms. The quantitative estimate of drug-likeness (QED) is 0.169. The average Bonchev–Trinajstić information content (AvgIpc) is 4.01. The fourth-order valence-corrected chi connectivity index (χ4v) is 9.25. The highest BCUT2D eigenvalue weighted by Crippen LogP contribution is 2.46. The van der Waals surface area contributed by atoms with Gasteiger partial charge in [-0.15, -0.1) is 0 Å². The van der Waals surface area contributed by atoms with Crippen LogP contribution in [-0.2, 0) is 0 Å². The molecule has 12 aromatic rings. The third-order valence-electron chi connectivity index (χ3n) is 12.0. The summed E-state index contributed by atoms with van der Waals surface area (Å²) in [7, 11) is 0. The Labute approximate surface area is 347 Å². The van der Waals surface area contributed by atoms with Crippen LogP contribution in [-0.4, -0.2) is 9.61 Å². The predicted octanol–water partition coefficient (Wildman–Crippen LogP) is 15.5. The Morgan fingerprint density at radius 1 is 0.350 bits per heavy atom. The molecule has 0 fully saturated rings. The van der Waals surface area contributed by atoms with E-state index in [0.717, 1.165) is 72.4 Å². The molecule has 12 rings (SSSR count). The van der Waals surface area contributed by atoms with E-state index in [2.05, 4.69) is 211 Å². The van der Waals surface area contributed by atoms with Gasteiger partial charge in [0.05, 0.1) is 17.5 Å². The van der Waals surface area contributed by atoms with Gasteiger partial charge in [0.15, 0.2) is 0 Å². The van der Waals surface area contributed by atoms with Crippen LogP contribution in [0.5, 0.6) is 0 Å². The second kappa shape index (κ2) is 13.8. The normalized spacial score (nSPS) is 11.7. The monoisotopic (exact) mass is 764 g/mol. The number of fused-ring (bicyclic) bond motifs is 6. The van der Waals surface area contributed by atoms with Gasteiger partial charge >= 0.3 is 0 Å². The number of pyridine rings is 1. The first kappa shape index (κ1) is 34.1. The number of benzene rings is 9. The minimum absolute atomic E-state index is 0.831. The van der Waals surface area contributed by atoms with Crippen molar-refractivity contribution in [1.82, 2.24) is 9.61 Å². The highest BCUT2D eigenvalue weighted by Gasteiger charge is 2.25. The molecule has 0 radical (unpaired) electrons. The molecular formula is C57H36N2O. The third-order valence-corrected chi connectivity index (χ3v) is 12.0. The Hall–Kier alpha value is -8.01. The van der Waals surface area contributed by atoms with Crippen LogP contribution < -0.4 is 0 Å². The Balaban J connectivity index is 1.25. The molecule has 3 heterocycles. The van der Waals surface area contributed by atoms with Gasteiger partial charge in [-0.3, -0.25) is 0 Å². The lowest BCUT2D eigenvalue weighted by Crippen LogP contribution is -1.97. The van der Waals surface area contributed by atoms with E-state index in [0.29, 0.717) is 0 Å². The van der Waals surface area contributed by atoms with Gasteiger partial charge in [-0.05, 0) is 114 Å².